The molecule has 0 amide bonds. The Morgan fingerprint density at radius 2 is 2.31 bits per heavy atom. The van der Waals surface area contributed by atoms with Crippen molar-refractivity contribution in [1.29, 1.82) is 0 Å². The number of Topliss-reactive ketones (excluding diaryl/α,β-unsaturated/α-hetero) is 1. The first-order valence-corrected chi connectivity index (χ1v) is 4.89. The summed E-state index contributed by atoms with van der Waals surface area (Å²) >= 11 is 5.67. The molecule has 0 aliphatic carbocycles. The van der Waals surface area contributed by atoms with Crippen molar-refractivity contribution in [3.05, 3.63) is 41.4 Å². The van der Waals surface area contributed by atoms with Crippen LogP contribution in [0, 0.1) is 0 Å². The molecule has 5 nitrogen and oxygen atoms in total. The molecule has 1 heterocycles. The first kappa shape index (κ1) is 10.6. The topological polar surface area (TPSA) is 68.0 Å². The summed E-state index contributed by atoms with van der Waals surface area (Å²) in [4.78, 5) is 15.5. The molecule has 1 aromatic heterocycles. The minimum absolute atomic E-state index is 0.0369. The van der Waals surface area contributed by atoms with Crippen LogP contribution >= 0.6 is 11.6 Å². The quantitative estimate of drug-likeness (QED) is 0.822. The van der Waals surface area contributed by atoms with Gasteiger partial charge in [-0.25, -0.2) is 9.67 Å². The van der Waals surface area contributed by atoms with Crippen LogP contribution in [0.25, 0.3) is 0 Å². The highest BCUT2D eigenvalue weighted by Crippen LogP contribution is 2.22. The highest BCUT2D eigenvalue weighted by Gasteiger charge is 2.12. The van der Waals surface area contributed by atoms with E-state index in [4.69, 9.17) is 11.6 Å². The van der Waals surface area contributed by atoms with Gasteiger partial charge < -0.3 is 5.11 Å². The first-order valence-electron chi connectivity index (χ1n) is 4.51. The third-order valence-corrected chi connectivity index (χ3v) is 2.27. The molecule has 0 spiro atoms. The van der Waals surface area contributed by atoms with Gasteiger partial charge in [0.05, 0.1) is 5.56 Å². The van der Waals surface area contributed by atoms with Gasteiger partial charge in [0.2, 0.25) is 0 Å². The van der Waals surface area contributed by atoms with Crippen molar-refractivity contribution in [3.8, 4) is 5.75 Å². The van der Waals surface area contributed by atoms with Crippen LogP contribution < -0.4 is 0 Å². The Morgan fingerprint density at radius 1 is 1.50 bits per heavy atom. The van der Waals surface area contributed by atoms with Crippen LogP contribution in [-0.2, 0) is 6.54 Å². The zero-order valence-corrected chi connectivity index (χ0v) is 8.92. The highest BCUT2D eigenvalue weighted by molar-refractivity contribution is 6.30. The Labute approximate surface area is 96.3 Å². The number of hydrogen-bond acceptors (Lipinski definition) is 4. The van der Waals surface area contributed by atoms with Gasteiger partial charge in [0, 0.05) is 5.02 Å². The lowest BCUT2D eigenvalue weighted by atomic mass is 10.1. The molecule has 0 aliphatic rings. The molecule has 82 valence electrons. The van der Waals surface area contributed by atoms with Crippen molar-refractivity contribution in [2.75, 3.05) is 0 Å². The van der Waals surface area contributed by atoms with Gasteiger partial charge in [-0.3, -0.25) is 4.79 Å². The second-order valence-corrected chi connectivity index (χ2v) is 3.61. The van der Waals surface area contributed by atoms with E-state index in [1.54, 1.807) is 6.07 Å². The van der Waals surface area contributed by atoms with E-state index >= 15 is 0 Å². The van der Waals surface area contributed by atoms with Crippen molar-refractivity contribution >= 4 is 17.4 Å². The van der Waals surface area contributed by atoms with Crippen LogP contribution in [0.1, 0.15) is 10.4 Å². The van der Waals surface area contributed by atoms with Crippen LogP contribution in [0.15, 0.2) is 30.9 Å². The summed E-state index contributed by atoms with van der Waals surface area (Å²) in [6.45, 7) is 0.0369. The fourth-order valence-electron chi connectivity index (χ4n) is 1.29. The van der Waals surface area contributed by atoms with E-state index in [2.05, 4.69) is 10.1 Å². The van der Waals surface area contributed by atoms with E-state index in [-0.39, 0.29) is 23.6 Å². The molecule has 1 N–H and O–H groups in total. The lowest BCUT2D eigenvalue weighted by Crippen LogP contribution is -2.10. The third kappa shape index (κ3) is 2.20. The van der Waals surface area contributed by atoms with Crippen molar-refractivity contribution in [2.24, 2.45) is 0 Å². The summed E-state index contributed by atoms with van der Waals surface area (Å²) in [7, 11) is 0. The maximum atomic E-state index is 11.8. The molecule has 0 saturated heterocycles. The smallest absolute Gasteiger partial charge is 0.188 e. The van der Waals surface area contributed by atoms with Gasteiger partial charge in [-0.1, -0.05) is 11.6 Å². The molecule has 6 heteroatoms. The molecular weight excluding hydrogens is 230 g/mol. The molecule has 2 aromatic rings. The summed E-state index contributed by atoms with van der Waals surface area (Å²) in [5.41, 5.74) is 0.222. The zero-order chi connectivity index (χ0) is 11.5. The number of halogens is 1. The lowest BCUT2D eigenvalue weighted by Gasteiger charge is -2.03. The van der Waals surface area contributed by atoms with Gasteiger partial charge in [-0.05, 0) is 18.2 Å². The van der Waals surface area contributed by atoms with Gasteiger partial charge in [0.1, 0.15) is 24.9 Å². The van der Waals surface area contributed by atoms with E-state index in [0.717, 1.165) is 0 Å². The third-order valence-electron chi connectivity index (χ3n) is 2.03. The second kappa shape index (κ2) is 4.32. The molecule has 0 unspecified atom stereocenters. The number of benzene rings is 1. The molecule has 0 radical (unpaired) electrons. The number of ketones is 1. The normalized spacial score (nSPS) is 10.3. The van der Waals surface area contributed by atoms with Crippen LogP contribution in [0.5, 0.6) is 5.75 Å². The standard InChI is InChI=1S/C10H8ClN3O2/c11-7-1-2-8(9(15)3-7)10(16)4-14-6-12-5-13-14/h1-3,5-6,15H,4H2. The Morgan fingerprint density at radius 3 is 2.94 bits per heavy atom. The summed E-state index contributed by atoms with van der Waals surface area (Å²) < 4.78 is 1.39. The Bertz CT molecular complexity index is 511. The number of phenols is 1. The minimum Gasteiger partial charge on any atom is -0.507 e. The Balaban J connectivity index is 2.21. The molecular formula is C10H8ClN3O2. The summed E-state index contributed by atoms with van der Waals surface area (Å²) in [6.07, 6.45) is 2.78. The van der Waals surface area contributed by atoms with Gasteiger partial charge >= 0.3 is 0 Å². The Kier molecular flexibility index (Phi) is 2.87. The minimum atomic E-state index is -0.250. The number of phenolic OH excluding ortho intramolecular Hbond substituents is 1. The molecule has 16 heavy (non-hydrogen) atoms. The Hall–Kier alpha value is -1.88. The number of aromatic nitrogens is 3. The fraction of sp³-hybridized carbons (Fsp3) is 0.100. The number of hydrogen-bond donors (Lipinski definition) is 1. The molecule has 0 aliphatic heterocycles. The zero-order valence-electron chi connectivity index (χ0n) is 8.17. The molecule has 0 fully saturated rings. The predicted molar refractivity (Wildman–Crippen MR) is 57.5 cm³/mol. The number of aromatic hydroxyl groups is 1. The summed E-state index contributed by atoms with van der Waals surface area (Å²) in [5.74, 6) is -0.378. The monoisotopic (exact) mass is 237 g/mol. The molecule has 0 bridgehead atoms. The largest absolute Gasteiger partial charge is 0.507 e. The van der Waals surface area contributed by atoms with Gasteiger partial charge in [-0.15, -0.1) is 0 Å². The number of nitrogens with zero attached hydrogens (tertiary/aromatic N) is 3. The van der Waals surface area contributed by atoms with Crippen LogP contribution in [0.2, 0.25) is 5.02 Å². The van der Waals surface area contributed by atoms with Crippen molar-refractivity contribution < 1.29 is 9.90 Å². The average Bonchev–Trinajstić information content (AvgIpc) is 2.70. The number of carbonyl (C=O) groups excluding carboxylic acids is 1. The highest BCUT2D eigenvalue weighted by atomic mass is 35.5. The summed E-state index contributed by atoms with van der Waals surface area (Å²) in [5, 5.41) is 13.7. The van der Waals surface area contributed by atoms with Crippen LogP contribution in [-0.4, -0.2) is 25.7 Å². The molecule has 2 rings (SSSR count). The first-order chi connectivity index (χ1) is 7.66. The molecule has 0 saturated carbocycles. The van der Waals surface area contributed by atoms with Crippen molar-refractivity contribution in [1.82, 2.24) is 14.8 Å². The van der Waals surface area contributed by atoms with Gasteiger partial charge in [0.25, 0.3) is 0 Å². The molecule has 1 aromatic carbocycles. The van der Waals surface area contributed by atoms with Crippen LogP contribution in [0.4, 0.5) is 0 Å². The van der Waals surface area contributed by atoms with E-state index < -0.39 is 0 Å². The van der Waals surface area contributed by atoms with E-state index in [1.165, 1.54) is 29.5 Å². The van der Waals surface area contributed by atoms with Crippen molar-refractivity contribution in [2.45, 2.75) is 6.54 Å². The van der Waals surface area contributed by atoms with E-state index in [0.29, 0.717) is 5.02 Å². The van der Waals surface area contributed by atoms with Crippen molar-refractivity contribution in [3.63, 3.8) is 0 Å². The molecule has 0 atom stereocenters. The van der Waals surface area contributed by atoms with Crippen LogP contribution in [0.3, 0.4) is 0 Å². The fourth-order valence-corrected chi connectivity index (χ4v) is 1.45. The second-order valence-electron chi connectivity index (χ2n) is 3.18. The van der Waals surface area contributed by atoms with E-state index in [9.17, 15) is 9.90 Å². The number of rotatable bonds is 3. The lowest BCUT2D eigenvalue weighted by molar-refractivity contribution is 0.0965. The predicted octanol–water partition coefficient (Wildman–Crippen LogP) is 1.52. The maximum absolute atomic E-state index is 11.8. The number of carbonyl (C=O) groups is 1. The van der Waals surface area contributed by atoms with E-state index in [1.807, 2.05) is 0 Å². The van der Waals surface area contributed by atoms with Gasteiger partial charge in [-0.2, -0.15) is 5.10 Å². The maximum Gasteiger partial charge on any atom is 0.188 e. The van der Waals surface area contributed by atoms with Gasteiger partial charge in [0.15, 0.2) is 5.78 Å². The average molecular weight is 238 g/mol. The SMILES string of the molecule is O=C(Cn1cncn1)c1ccc(Cl)cc1O. The summed E-state index contributed by atoms with van der Waals surface area (Å²) in [6, 6.07) is 4.36.